The van der Waals surface area contributed by atoms with E-state index >= 15 is 0 Å². The zero-order valence-corrected chi connectivity index (χ0v) is 12.8. The van der Waals surface area contributed by atoms with Crippen molar-refractivity contribution in [2.75, 3.05) is 5.73 Å². The van der Waals surface area contributed by atoms with Crippen LogP contribution in [0.3, 0.4) is 0 Å². The molecule has 2 aromatic carbocycles. The fraction of sp³-hybridized carbons (Fsp3) is 0.176. The molecular weight excluding hydrogens is 282 g/mol. The van der Waals surface area contributed by atoms with Gasteiger partial charge in [-0.1, -0.05) is 12.1 Å². The van der Waals surface area contributed by atoms with Gasteiger partial charge >= 0.3 is 11.9 Å². The molecule has 0 amide bonds. The number of nitrogens with two attached hydrogens (primary N) is 1. The van der Waals surface area contributed by atoms with Crippen molar-refractivity contribution < 1.29 is 19.8 Å². The normalized spacial score (nSPS) is 9.59. The van der Waals surface area contributed by atoms with Gasteiger partial charge in [-0.3, -0.25) is 0 Å². The highest BCUT2D eigenvalue weighted by atomic mass is 16.4. The largest absolute Gasteiger partial charge is 0.478 e. The molecule has 5 nitrogen and oxygen atoms in total. The number of carboxylic acids is 2. The van der Waals surface area contributed by atoms with Crippen LogP contribution in [0.5, 0.6) is 0 Å². The Morgan fingerprint density at radius 2 is 1.36 bits per heavy atom. The predicted molar refractivity (Wildman–Crippen MR) is 85.4 cm³/mol. The van der Waals surface area contributed by atoms with E-state index in [1.54, 1.807) is 0 Å². The second kappa shape index (κ2) is 7.26. The summed E-state index contributed by atoms with van der Waals surface area (Å²) in [7, 11) is 0. The Balaban J connectivity index is 0.000000224. The third-order valence-electron chi connectivity index (χ3n) is 3.46. The van der Waals surface area contributed by atoms with Gasteiger partial charge in [0.15, 0.2) is 0 Å². The van der Waals surface area contributed by atoms with Crippen LogP contribution in [-0.2, 0) is 0 Å². The van der Waals surface area contributed by atoms with E-state index in [9.17, 15) is 9.59 Å². The van der Waals surface area contributed by atoms with Crippen LogP contribution < -0.4 is 5.73 Å². The molecule has 0 unspecified atom stereocenters. The molecule has 0 saturated heterocycles. The molecular formula is C17H19NO4. The van der Waals surface area contributed by atoms with Crippen LogP contribution in [0.25, 0.3) is 0 Å². The van der Waals surface area contributed by atoms with Crippen molar-refractivity contribution >= 4 is 17.6 Å². The number of aromatic carboxylic acids is 2. The van der Waals surface area contributed by atoms with Crippen molar-refractivity contribution in [3.63, 3.8) is 0 Å². The fourth-order valence-electron chi connectivity index (χ4n) is 1.76. The summed E-state index contributed by atoms with van der Waals surface area (Å²) in [5.74, 6) is -2.25. The number of carboxylic acid groups (broad SMARTS) is 2. The lowest BCUT2D eigenvalue weighted by Crippen LogP contribution is -2.01. The second-order valence-corrected chi connectivity index (χ2v) is 4.91. The van der Waals surface area contributed by atoms with E-state index in [1.807, 2.05) is 6.07 Å². The summed E-state index contributed by atoms with van der Waals surface area (Å²) < 4.78 is 0. The third-order valence-corrected chi connectivity index (χ3v) is 3.46. The molecule has 0 saturated carbocycles. The summed E-state index contributed by atoms with van der Waals surface area (Å²) in [5.41, 5.74) is 10.4. The molecule has 0 heterocycles. The van der Waals surface area contributed by atoms with Gasteiger partial charge in [-0.2, -0.15) is 0 Å². The second-order valence-electron chi connectivity index (χ2n) is 4.91. The van der Waals surface area contributed by atoms with Gasteiger partial charge in [-0.15, -0.1) is 0 Å². The minimum Gasteiger partial charge on any atom is -0.478 e. The molecule has 116 valence electrons. The van der Waals surface area contributed by atoms with Gasteiger partial charge in [0.25, 0.3) is 0 Å². The van der Waals surface area contributed by atoms with E-state index in [-0.39, 0.29) is 11.1 Å². The lowest BCUT2D eigenvalue weighted by atomic mass is 10.0. The van der Waals surface area contributed by atoms with Gasteiger partial charge in [-0.05, 0) is 61.7 Å². The van der Waals surface area contributed by atoms with E-state index in [0.29, 0.717) is 0 Å². The molecule has 0 aliphatic heterocycles. The SMILES string of the molecule is Cc1ccc(N)c(C)c1C.O=C(O)c1cccc(C(=O)O)c1. The van der Waals surface area contributed by atoms with Gasteiger partial charge in [0.05, 0.1) is 11.1 Å². The average molecular weight is 301 g/mol. The van der Waals surface area contributed by atoms with Crippen molar-refractivity contribution in [3.05, 3.63) is 64.2 Å². The number of aryl methyl sites for hydroxylation is 1. The quantitative estimate of drug-likeness (QED) is 0.739. The Kier molecular flexibility index (Phi) is 5.69. The molecule has 0 spiro atoms. The summed E-state index contributed by atoms with van der Waals surface area (Å²) in [6.45, 7) is 6.25. The summed E-state index contributed by atoms with van der Waals surface area (Å²) in [4.78, 5) is 20.8. The first-order valence-corrected chi connectivity index (χ1v) is 6.63. The molecule has 2 aromatic rings. The van der Waals surface area contributed by atoms with Crippen molar-refractivity contribution in [2.24, 2.45) is 0 Å². The summed E-state index contributed by atoms with van der Waals surface area (Å²) in [5, 5.41) is 17.0. The molecule has 0 aliphatic rings. The Morgan fingerprint density at radius 1 is 0.864 bits per heavy atom. The molecule has 0 aromatic heterocycles. The number of rotatable bonds is 2. The van der Waals surface area contributed by atoms with Gasteiger partial charge in [-0.25, -0.2) is 9.59 Å². The molecule has 0 fully saturated rings. The van der Waals surface area contributed by atoms with Crippen molar-refractivity contribution in [2.45, 2.75) is 20.8 Å². The van der Waals surface area contributed by atoms with Crippen LogP contribution in [0.15, 0.2) is 36.4 Å². The maximum Gasteiger partial charge on any atom is 0.335 e. The van der Waals surface area contributed by atoms with Crippen LogP contribution >= 0.6 is 0 Å². The molecule has 4 N–H and O–H groups in total. The van der Waals surface area contributed by atoms with Crippen molar-refractivity contribution in [3.8, 4) is 0 Å². The first-order chi connectivity index (χ1) is 10.2. The van der Waals surface area contributed by atoms with Crippen LogP contribution in [0.2, 0.25) is 0 Å². The monoisotopic (exact) mass is 301 g/mol. The minimum atomic E-state index is -1.13. The topological polar surface area (TPSA) is 101 Å². The Morgan fingerprint density at radius 3 is 1.77 bits per heavy atom. The number of hydrogen-bond donors (Lipinski definition) is 3. The molecule has 22 heavy (non-hydrogen) atoms. The molecule has 5 heteroatoms. The standard InChI is InChI=1S/C9H13N.C8H6O4/c1-6-4-5-9(10)8(3)7(6)2;9-7(10)5-2-1-3-6(4-5)8(11)12/h4-5H,10H2,1-3H3;1-4H,(H,9,10)(H,11,12). The predicted octanol–water partition coefficient (Wildman–Crippen LogP) is 3.28. The smallest absolute Gasteiger partial charge is 0.335 e. The van der Waals surface area contributed by atoms with Crippen molar-refractivity contribution in [1.29, 1.82) is 0 Å². The maximum absolute atomic E-state index is 10.4. The number of carbonyl (C=O) groups is 2. The lowest BCUT2D eigenvalue weighted by molar-refractivity contribution is 0.0696. The van der Waals surface area contributed by atoms with Crippen LogP contribution in [0.4, 0.5) is 5.69 Å². The summed E-state index contributed by atoms with van der Waals surface area (Å²) >= 11 is 0. The van der Waals surface area contributed by atoms with Gasteiger partial charge in [0.1, 0.15) is 0 Å². The average Bonchev–Trinajstić information content (AvgIpc) is 2.50. The molecule has 0 bridgehead atoms. The number of hydrogen-bond acceptors (Lipinski definition) is 3. The van der Waals surface area contributed by atoms with E-state index in [1.165, 1.54) is 34.9 Å². The minimum absolute atomic E-state index is 0.0186. The highest BCUT2D eigenvalue weighted by Gasteiger charge is 2.06. The molecule has 2 rings (SSSR count). The summed E-state index contributed by atoms with van der Waals surface area (Å²) in [6, 6.07) is 9.20. The van der Waals surface area contributed by atoms with Gasteiger partial charge < -0.3 is 15.9 Å². The Hall–Kier alpha value is -2.82. The number of benzene rings is 2. The fourth-order valence-corrected chi connectivity index (χ4v) is 1.76. The Bertz CT molecular complexity index is 652. The highest BCUT2D eigenvalue weighted by molar-refractivity contribution is 5.93. The van der Waals surface area contributed by atoms with E-state index in [2.05, 4.69) is 26.8 Å². The zero-order chi connectivity index (χ0) is 16.9. The third kappa shape index (κ3) is 4.34. The lowest BCUT2D eigenvalue weighted by Gasteiger charge is -2.05. The van der Waals surface area contributed by atoms with Crippen LogP contribution in [0, 0.1) is 20.8 Å². The zero-order valence-electron chi connectivity index (χ0n) is 12.8. The van der Waals surface area contributed by atoms with Gasteiger partial charge in [0, 0.05) is 5.69 Å². The summed E-state index contributed by atoms with van der Waals surface area (Å²) in [6.07, 6.45) is 0. The van der Waals surface area contributed by atoms with Crippen molar-refractivity contribution in [1.82, 2.24) is 0 Å². The molecule has 0 aliphatic carbocycles. The number of nitrogen functional groups attached to an aromatic ring is 1. The molecule has 0 radical (unpaired) electrons. The Labute approximate surface area is 129 Å². The maximum atomic E-state index is 10.4. The number of anilines is 1. The van der Waals surface area contributed by atoms with E-state index < -0.39 is 11.9 Å². The van der Waals surface area contributed by atoms with E-state index in [4.69, 9.17) is 15.9 Å². The van der Waals surface area contributed by atoms with E-state index in [0.717, 1.165) is 11.8 Å². The first-order valence-electron chi connectivity index (χ1n) is 6.63. The van der Waals surface area contributed by atoms with Crippen LogP contribution in [-0.4, -0.2) is 22.2 Å². The first kappa shape index (κ1) is 17.2. The highest BCUT2D eigenvalue weighted by Crippen LogP contribution is 2.17. The van der Waals surface area contributed by atoms with Crippen LogP contribution in [0.1, 0.15) is 37.4 Å². The van der Waals surface area contributed by atoms with Gasteiger partial charge in [0.2, 0.25) is 0 Å². The molecule has 0 atom stereocenters.